The van der Waals surface area contributed by atoms with Gasteiger partial charge in [0.15, 0.2) is 0 Å². The third-order valence-electron chi connectivity index (χ3n) is 8.29. The molecule has 0 rings (SSSR count). The van der Waals surface area contributed by atoms with Crippen LogP contribution in [0.1, 0.15) is 220 Å². The summed E-state index contributed by atoms with van der Waals surface area (Å²) < 4.78 is 5.98. The molecule has 0 saturated carbocycles. The fourth-order valence-corrected chi connectivity index (χ4v) is 5.63. The lowest BCUT2D eigenvalue weighted by atomic mass is 10.0. The Kier molecular flexibility index (Phi) is 32.2. The number of unbranched alkanes of at least 4 members (excludes halogenated alkanes) is 25. The normalized spacial score (nSPS) is 12.2. The van der Waals surface area contributed by atoms with Crippen molar-refractivity contribution in [1.29, 1.82) is 0 Å². The lowest BCUT2D eigenvalue weighted by Gasteiger charge is -2.18. The highest BCUT2D eigenvalue weighted by Crippen LogP contribution is 2.18. The first kappa shape index (κ1) is 37.5. The van der Waals surface area contributed by atoms with E-state index in [1.165, 1.54) is 173 Å². The number of rotatable bonds is 32. The van der Waals surface area contributed by atoms with Gasteiger partial charge in [0.1, 0.15) is 6.10 Å². The number of carbonyl (C=O) groups is 1. The van der Waals surface area contributed by atoms with Crippen LogP contribution in [0.2, 0.25) is 0 Å². The molecule has 0 aromatic carbocycles. The van der Waals surface area contributed by atoms with Crippen LogP contribution in [-0.4, -0.2) is 12.1 Å². The van der Waals surface area contributed by atoms with Gasteiger partial charge in [-0.2, -0.15) is 0 Å². The minimum Gasteiger partial charge on any atom is -0.462 e. The molecule has 228 valence electrons. The second kappa shape index (κ2) is 32.7. The van der Waals surface area contributed by atoms with Crippen LogP contribution in [0, 0.1) is 0 Å². The molecule has 1 atom stereocenters. The average molecular weight is 537 g/mol. The maximum absolute atomic E-state index is 12.5. The first-order valence-electron chi connectivity index (χ1n) is 17.9. The minimum atomic E-state index is 0.0658. The molecule has 0 N–H and O–H groups in total. The number of hydrogen-bond donors (Lipinski definition) is 0. The molecule has 0 bridgehead atoms. The molecule has 0 heterocycles. The van der Waals surface area contributed by atoms with E-state index < -0.39 is 0 Å². The van der Waals surface area contributed by atoms with Crippen LogP contribution in [0.15, 0.2) is 0 Å². The molecule has 2 heteroatoms. The quantitative estimate of drug-likeness (QED) is 0.0631. The van der Waals surface area contributed by atoms with Crippen LogP contribution in [0.25, 0.3) is 0 Å². The van der Waals surface area contributed by atoms with Crippen molar-refractivity contribution in [3.8, 4) is 0 Å². The van der Waals surface area contributed by atoms with E-state index in [1.807, 2.05) is 0 Å². The van der Waals surface area contributed by atoms with Crippen molar-refractivity contribution < 1.29 is 9.53 Å². The molecule has 1 unspecified atom stereocenters. The predicted molar refractivity (Wildman–Crippen MR) is 170 cm³/mol. The fraction of sp³-hybridized carbons (Fsp3) is 0.972. The van der Waals surface area contributed by atoms with Gasteiger partial charge in [-0.3, -0.25) is 4.79 Å². The number of esters is 1. The van der Waals surface area contributed by atoms with Gasteiger partial charge >= 0.3 is 5.97 Å². The molecule has 2 nitrogen and oxygen atoms in total. The summed E-state index contributed by atoms with van der Waals surface area (Å²) >= 11 is 0. The predicted octanol–water partition coefficient (Wildman–Crippen LogP) is 13.1. The van der Waals surface area contributed by atoms with Crippen molar-refractivity contribution >= 4 is 5.97 Å². The third kappa shape index (κ3) is 30.0. The van der Waals surface area contributed by atoms with Gasteiger partial charge in [-0.05, 0) is 32.1 Å². The van der Waals surface area contributed by atoms with Gasteiger partial charge in [0.2, 0.25) is 0 Å². The van der Waals surface area contributed by atoms with Gasteiger partial charge in [0, 0.05) is 6.42 Å². The molecule has 0 aliphatic carbocycles. The van der Waals surface area contributed by atoms with E-state index in [1.54, 1.807) is 0 Å². The van der Waals surface area contributed by atoms with Gasteiger partial charge < -0.3 is 4.74 Å². The highest BCUT2D eigenvalue weighted by molar-refractivity contribution is 5.69. The summed E-state index contributed by atoms with van der Waals surface area (Å²) in [5.41, 5.74) is 0. The maximum Gasteiger partial charge on any atom is 0.306 e. The summed E-state index contributed by atoms with van der Waals surface area (Å²) in [6.45, 7) is 6.84. The van der Waals surface area contributed by atoms with Gasteiger partial charge in [0.25, 0.3) is 0 Å². The molecule has 0 aromatic heterocycles. The topological polar surface area (TPSA) is 26.3 Å². The molecule has 0 fully saturated rings. The Morgan fingerprint density at radius 3 is 1.00 bits per heavy atom. The molecule has 0 radical (unpaired) electrons. The SMILES string of the molecule is CCCCCCCCCCCCCCCCCC(=O)OC(CCCCCC)CCCCCCCCCCC. The summed E-state index contributed by atoms with van der Waals surface area (Å²) in [4.78, 5) is 12.5. The molecule has 38 heavy (non-hydrogen) atoms. The first-order valence-corrected chi connectivity index (χ1v) is 17.9. The average Bonchev–Trinajstić information content (AvgIpc) is 2.92. The molecular weight excluding hydrogens is 464 g/mol. The van der Waals surface area contributed by atoms with Gasteiger partial charge in [-0.1, -0.05) is 181 Å². The summed E-state index contributed by atoms with van der Waals surface area (Å²) in [7, 11) is 0. The van der Waals surface area contributed by atoms with Crippen molar-refractivity contribution in [2.24, 2.45) is 0 Å². The Morgan fingerprint density at radius 2 is 0.658 bits per heavy atom. The largest absolute Gasteiger partial charge is 0.462 e. The van der Waals surface area contributed by atoms with E-state index in [0.29, 0.717) is 6.42 Å². The summed E-state index contributed by atoms with van der Waals surface area (Å²) in [5, 5.41) is 0. The fourth-order valence-electron chi connectivity index (χ4n) is 5.63. The van der Waals surface area contributed by atoms with Crippen molar-refractivity contribution in [3.63, 3.8) is 0 Å². The van der Waals surface area contributed by atoms with E-state index in [2.05, 4.69) is 20.8 Å². The Labute approximate surface area is 241 Å². The van der Waals surface area contributed by atoms with Crippen LogP contribution in [0.4, 0.5) is 0 Å². The Hall–Kier alpha value is -0.530. The molecule has 0 amide bonds. The third-order valence-corrected chi connectivity index (χ3v) is 8.29. The van der Waals surface area contributed by atoms with E-state index in [9.17, 15) is 4.79 Å². The minimum absolute atomic E-state index is 0.0658. The van der Waals surface area contributed by atoms with Crippen LogP contribution in [0.3, 0.4) is 0 Å². The van der Waals surface area contributed by atoms with Crippen LogP contribution < -0.4 is 0 Å². The van der Waals surface area contributed by atoms with Gasteiger partial charge in [-0.15, -0.1) is 0 Å². The van der Waals surface area contributed by atoms with Crippen LogP contribution >= 0.6 is 0 Å². The molecular formula is C36H72O2. The molecule has 0 aliphatic heterocycles. The second-order valence-electron chi connectivity index (χ2n) is 12.3. The van der Waals surface area contributed by atoms with Crippen LogP contribution in [0.5, 0.6) is 0 Å². The Bertz CT molecular complexity index is 447. The molecule has 0 aliphatic rings. The smallest absolute Gasteiger partial charge is 0.306 e. The van der Waals surface area contributed by atoms with Crippen molar-refractivity contribution in [2.45, 2.75) is 226 Å². The molecule has 0 aromatic rings. The summed E-state index contributed by atoms with van der Waals surface area (Å²) in [5.74, 6) is 0.0658. The van der Waals surface area contributed by atoms with Crippen molar-refractivity contribution in [2.75, 3.05) is 0 Å². The van der Waals surface area contributed by atoms with Crippen molar-refractivity contribution in [1.82, 2.24) is 0 Å². The van der Waals surface area contributed by atoms with E-state index in [4.69, 9.17) is 4.74 Å². The maximum atomic E-state index is 12.5. The van der Waals surface area contributed by atoms with E-state index in [0.717, 1.165) is 19.3 Å². The van der Waals surface area contributed by atoms with E-state index >= 15 is 0 Å². The molecule has 0 spiro atoms. The van der Waals surface area contributed by atoms with Gasteiger partial charge in [0.05, 0.1) is 0 Å². The highest BCUT2D eigenvalue weighted by atomic mass is 16.5. The first-order chi connectivity index (χ1) is 18.7. The van der Waals surface area contributed by atoms with E-state index in [-0.39, 0.29) is 12.1 Å². The number of carbonyl (C=O) groups excluding carboxylic acids is 1. The van der Waals surface area contributed by atoms with Gasteiger partial charge in [-0.25, -0.2) is 0 Å². The standard InChI is InChI=1S/C36H72O2/c1-4-7-10-13-15-17-18-19-20-21-22-24-26-28-31-34-36(37)38-35(32-29-12-9-6-3)33-30-27-25-23-16-14-11-8-5-2/h35H,4-34H2,1-3H3. The lowest BCUT2D eigenvalue weighted by molar-refractivity contribution is -0.150. The van der Waals surface area contributed by atoms with Crippen molar-refractivity contribution in [3.05, 3.63) is 0 Å². The van der Waals surface area contributed by atoms with Crippen LogP contribution in [-0.2, 0) is 9.53 Å². The second-order valence-corrected chi connectivity index (χ2v) is 12.3. The Morgan fingerprint density at radius 1 is 0.395 bits per heavy atom. The lowest BCUT2D eigenvalue weighted by Crippen LogP contribution is -2.18. The summed E-state index contributed by atoms with van der Waals surface area (Å²) in [6.07, 6.45) is 40.6. The zero-order valence-corrected chi connectivity index (χ0v) is 26.8. The Balaban J connectivity index is 3.74. The number of ether oxygens (including phenoxy) is 1. The molecule has 0 saturated heterocycles. The summed E-state index contributed by atoms with van der Waals surface area (Å²) in [6, 6.07) is 0. The zero-order chi connectivity index (χ0) is 27.8. The highest BCUT2D eigenvalue weighted by Gasteiger charge is 2.14. The monoisotopic (exact) mass is 537 g/mol. The number of hydrogen-bond acceptors (Lipinski definition) is 2. The zero-order valence-electron chi connectivity index (χ0n) is 26.8.